The number of furan rings is 1. The molecule has 0 amide bonds. The second-order valence-corrected chi connectivity index (χ2v) is 10.9. The Kier molecular flexibility index (Phi) is 4.93. The van der Waals surface area contributed by atoms with E-state index < -0.39 is 0 Å². The monoisotopic (exact) mass is 535 g/mol. The molecule has 2 nitrogen and oxygen atoms in total. The van der Waals surface area contributed by atoms with Gasteiger partial charge in [-0.1, -0.05) is 109 Å². The standard InChI is InChI=1S/C40H25NO/c1-2-10-27(11-3-1)41(28-18-24-40-37(25-28)36-13-6-7-16-39(36)42-40)38-15-8-14-30-33-21-20-31-29-12-5-4-9-26(29)17-19-32(31)34(33)22-23-35(30)38/h1-25H. The first kappa shape index (κ1) is 23.1. The molecule has 0 fully saturated rings. The number of hydrogen-bond acceptors (Lipinski definition) is 2. The molecule has 42 heavy (non-hydrogen) atoms. The maximum Gasteiger partial charge on any atom is 0.135 e. The molecule has 0 radical (unpaired) electrons. The SMILES string of the molecule is c1ccc(N(c2ccc3oc4ccccc4c3c2)c2cccc3c2ccc2c3ccc3c4ccccc4ccc32)cc1. The molecular formula is C40H25NO. The van der Waals surface area contributed by atoms with E-state index in [4.69, 9.17) is 4.42 Å². The van der Waals surface area contributed by atoms with Crippen LogP contribution in [0.4, 0.5) is 17.1 Å². The van der Waals surface area contributed by atoms with Crippen molar-refractivity contribution in [1.29, 1.82) is 0 Å². The van der Waals surface area contributed by atoms with Crippen LogP contribution in [-0.4, -0.2) is 0 Å². The number of benzene rings is 8. The van der Waals surface area contributed by atoms with Gasteiger partial charge in [0.1, 0.15) is 11.2 Å². The number of hydrogen-bond donors (Lipinski definition) is 0. The van der Waals surface area contributed by atoms with Crippen LogP contribution in [0.1, 0.15) is 0 Å². The van der Waals surface area contributed by atoms with Crippen molar-refractivity contribution in [2.24, 2.45) is 0 Å². The minimum atomic E-state index is 0.899. The van der Waals surface area contributed by atoms with E-state index in [1.54, 1.807) is 0 Å². The van der Waals surface area contributed by atoms with Crippen molar-refractivity contribution < 1.29 is 4.42 Å². The lowest BCUT2D eigenvalue weighted by molar-refractivity contribution is 0.669. The first-order chi connectivity index (χ1) is 20.8. The van der Waals surface area contributed by atoms with Gasteiger partial charge in [-0.15, -0.1) is 0 Å². The molecule has 0 bridgehead atoms. The van der Waals surface area contributed by atoms with E-state index in [1.165, 1.54) is 43.1 Å². The van der Waals surface area contributed by atoms with Crippen LogP contribution in [0.5, 0.6) is 0 Å². The van der Waals surface area contributed by atoms with Gasteiger partial charge in [0.05, 0.1) is 5.69 Å². The predicted octanol–water partition coefficient (Wildman–Crippen LogP) is 11.7. The van der Waals surface area contributed by atoms with Crippen molar-refractivity contribution in [2.75, 3.05) is 4.90 Å². The molecule has 0 aliphatic rings. The summed E-state index contributed by atoms with van der Waals surface area (Å²) in [6, 6.07) is 54.4. The summed E-state index contributed by atoms with van der Waals surface area (Å²) in [5.41, 5.74) is 5.16. The third-order valence-electron chi connectivity index (χ3n) is 8.63. The van der Waals surface area contributed by atoms with Crippen LogP contribution in [0.3, 0.4) is 0 Å². The summed E-state index contributed by atoms with van der Waals surface area (Å²) in [6.07, 6.45) is 0. The van der Waals surface area contributed by atoms with Gasteiger partial charge in [-0.25, -0.2) is 0 Å². The molecule has 2 heteroatoms. The highest BCUT2D eigenvalue weighted by Gasteiger charge is 2.18. The van der Waals surface area contributed by atoms with Crippen molar-refractivity contribution in [3.63, 3.8) is 0 Å². The quantitative estimate of drug-likeness (QED) is 0.209. The fraction of sp³-hybridized carbons (Fsp3) is 0. The molecule has 9 aromatic rings. The van der Waals surface area contributed by atoms with Gasteiger partial charge in [0, 0.05) is 27.5 Å². The summed E-state index contributed by atoms with van der Waals surface area (Å²) in [5.74, 6) is 0. The topological polar surface area (TPSA) is 16.4 Å². The lowest BCUT2D eigenvalue weighted by atomic mass is 9.93. The van der Waals surface area contributed by atoms with Crippen LogP contribution in [-0.2, 0) is 0 Å². The Morgan fingerprint density at radius 1 is 0.333 bits per heavy atom. The molecule has 0 unspecified atom stereocenters. The number of nitrogens with zero attached hydrogens (tertiary/aromatic N) is 1. The van der Waals surface area contributed by atoms with Crippen molar-refractivity contribution in [3.8, 4) is 0 Å². The predicted molar refractivity (Wildman–Crippen MR) is 178 cm³/mol. The molecule has 0 N–H and O–H groups in total. The molecule has 0 aliphatic heterocycles. The summed E-state index contributed by atoms with van der Waals surface area (Å²) in [5, 5.41) is 12.4. The maximum atomic E-state index is 6.16. The van der Waals surface area contributed by atoms with Gasteiger partial charge in [0.25, 0.3) is 0 Å². The Bertz CT molecular complexity index is 2470. The summed E-state index contributed by atoms with van der Waals surface area (Å²) in [6.45, 7) is 0. The fourth-order valence-corrected chi connectivity index (χ4v) is 6.71. The second kappa shape index (κ2) is 8.95. The van der Waals surface area contributed by atoms with E-state index in [1.807, 2.05) is 12.1 Å². The van der Waals surface area contributed by atoms with Crippen LogP contribution in [0.2, 0.25) is 0 Å². The molecule has 9 rings (SSSR count). The number of anilines is 3. The molecule has 0 spiro atoms. The van der Waals surface area contributed by atoms with E-state index in [0.717, 1.165) is 39.0 Å². The molecule has 196 valence electrons. The van der Waals surface area contributed by atoms with Gasteiger partial charge >= 0.3 is 0 Å². The molecule has 0 saturated carbocycles. The molecule has 0 aliphatic carbocycles. The van der Waals surface area contributed by atoms with E-state index in [2.05, 4.69) is 144 Å². The minimum Gasteiger partial charge on any atom is -0.456 e. The molecular weight excluding hydrogens is 510 g/mol. The van der Waals surface area contributed by atoms with Gasteiger partial charge in [-0.2, -0.15) is 0 Å². The highest BCUT2D eigenvalue weighted by molar-refractivity contribution is 6.23. The zero-order chi connectivity index (χ0) is 27.6. The summed E-state index contributed by atoms with van der Waals surface area (Å²) >= 11 is 0. The molecule has 0 saturated heterocycles. The van der Waals surface area contributed by atoms with Crippen molar-refractivity contribution >= 4 is 82.1 Å². The van der Waals surface area contributed by atoms with Crippen LogP contribution >= 0.6 is 0 Å². The molecule has 0 atom stereocenters. The van der Waals surface area contributed by atoms with Gasteiger partial charge in [0.2, 0.25) is 0 Å². The summed E-state index contributed by atoms with van der Waals surface area (Å²) in [7, 11) is 0. The van der Waals surface area contributed by atoms with Crippen molar-refractivity contribution in [1.82, 2.24) is 0 Å². The Balaban J connectivity index is 1.31. The third kappa shape index (κ3) is 3.39. The number of rotatable bonds is 3. The first-order valence-electron chi connectivity index (χ1n) is 14.4. The van der Waals surface area contributed by atoms with E-state index >= 15 is 0 Å². The van der Waals surface area contributed by atoms with Gasteiger partial charge in [-0.3, -0.25) is 0 Å². The minimum absolute atomic E-state index is 0.899. The molecule has 1 heterocycles. The van der Waals surface area contributed by atoms with Crippen molar-refractivity contribution in [2.45, 2.75) is 0 Å². The third-order valence-corrected chi connectivity index (χ3v) is 8.63. The average Bonchev–Trinajstić information content (AvgIpc) is 3.43. The Morgan fingerprint density at radius 3 is 1.76 bits per heavy atom. The smallest absolute Gasteiger partial charge is 0.135 e. The highest BCUT2D eigenvalue weighted by Crippen LogP contribution is 2.43. The Morgan fingerprint density at radius 2 is 0.929 bits per heavy atom. The summed E-state index contributed by atoms with van der Waals surface area (Å²) < 4.78 is 6.16. The first-order valence-corrected chi connectivity index (χ1v) is 14.4. The normalized spacial score (nSPS) is 11.8. The zero-order valence-corrected chi connectivity index (χ0v) is 22.8. The Labute approximate surface area is 242 Å². The number of fused-ring (bicyclic) bond motifs is 10. The van der Waals surface area contributed by atoms with E-state index in [-0.39, 0.29) is 0 Å². The largest absolute Gasteiger partial charge is 0.456 e. The maximum absolute atomic E-state index is 6.16. The van der Waals surface area contributed by atoms with Crippen LogP contribution < -0.4 is 4.90 Å². The van der Waals surface area contributed by atoms with E-state index in [0.29, 0.717) is 0 Å². The zero-order valence-electron chi connectivity index (χ0n) is 22.8. The summed E-state index contributed by atoms with van der Waals surface area (Å²) in [4.78, 5) is 2.37. The molecule has 1 aromatic heterocycles. The highest BCUT2D eigenvalue weighted by atomic mass is 16.3. The number of para-hydroxylation sites is 2. The fourth-order valence-electron chi connectivity index (χ4n) is 6.71. The average molecular weight is 536 g/mol. The van der Waals surface area contributed by atoms with Crippen LogP contribution in [0.25, 0.3) is 65.0 Å². The van der Waals surface area contributed by atoms with Crippen LogP contribution in [0.15, 0.2) is 156 Å². The lowest BCUT2D eigenvalue weighted by Crippen LogP contribution is -2.10. The van der Waals surface area contributed by atoms with E-state index in [9.17, 15) is 0 Å². The van der Waals surface area contributed by atoms with Crippen molar-refractivity contribution in [3.05, 3.63) is 152 Å². The van der Waals surface area contributed by atoms with Crippen LogP contribution in [0, 0.1) is 0 Å². The van der Waals surface area contributed by atoms with Gasteiger partial charge in [0.15, 0.2) is 0 Å². The molecule has 8 aromatic carbocycles. The lowest BCUT2D eigenvalue weighted by Gasteiger charge is -2.27. The Hall–Kier alpha value is -5.60. The second-order valence-electron chi connectivity index (χ2n) is 10.9. The van der Waals surface area contributed by atoms with Gasteiger partial charge in [-0.05, 0) is 80.2 Å². The van der Waals surface area contributed by atoms with Gasteiger partial charge < -0.3 is 9.32 Å².